The second-order valence-corrected chi connectivity index (χ2v) is 9.28. The fraction of sp³-hybridized carbons (Fsp3) is 0.333. The lowest BCUT2D eigenvalue weighted by Gasteiger charge is -2.28. The van der Waals surface area contributed by atoms with E-state index < -0.39 is 0 Å². The minimum atomic E-state index is -0.182. The molecule has 0 aromatic carbocycles. The largest absolute Gasteiger partial charge is 0.354 e. The third-order valence-electron chi connectivity index (χ3n) is 4.64. The molecule has 4 heterocycles. The molecule has 2 aliphatic rings. The van der Waals surface area contributed by atoms with E-state index in [9.17, 15) is 9.59 Å². The molecule has 0 unspecified atom stereocenters. The molecule has 2 aromatic heterocycles. The summed E-state index contributed by atoms with van der Waals surface area (Å²) in [5.41, 5.74) is 1.86. The summed E-state index contributed by atoms with van der Waals surface area (Å²) in [6.45, 7) is 3.60. The average molecular weight is 419 g/mol. The van der Waals surface area contributed by atoms with Crippen molar-refractivity contribution < 1.29 is 4.79 Å². The first-order chi connectivity index (χ1) is 13.0. The summed E-state index contributed by atoms with van der Waals surface area (Å²) in [7, 11) is 1.65. The van der Waals surface area contributed by atoms with Crippen LogP contribution in [0.3, 0.4) is 0 Å². The number of thiocarbonyl (C=S) groups is 1. The molecule has 0 spiro atoms. The van der Waals surface area contributed by atoms with Gasteiger partial charge in [-0.05, 0) is 24.6 Å². The number of amides is 1. The summed E-state index contributed by atoms with van der Waals surface area (Å²) >= 11 is 8.33. The number of rotatable bonds is 2. The van der Waals surface area contributed by atoms with Gasteiger partial charge in [0.1, 0.15) is 15.8 Å². The maximum absolute atomic E-state index is 13.3. The lowest BCUT2D eigenvalue weighted by Crippen LogP contribution is -2.36. The van der Waals surface area contributed by atoms with Gasteiger partial charge in [0.05, 0.1) is 10.5 Å². The van der Waals surface area contributed by atoms with Crippen molar-refractivity contribution in [3.8, 4) is 0 Å². The number of aryl methyl sites for hydroxylation is 1. The Bertz CT molecular complexity index is 1040. The van der Waals surface area contributed by atoms with Gasteiger partial charge in [-0.3, -0.25) is 18.9 Å². The number of carbonyl (C=O) groups is 1. The van der Waals surface area contributed by atoms with Gasteiger partial charge in [0.15, 0.2) is 0 Å². The fourth-order valence-corrected chi connectivity index (χ4v) is 5.18. The summed E-state index contributed by atoms with van der Waals surface area (Å²) in [4.78, 5) is 34.6. The highest BCUT2D eigenvalue weighted by Crippen LogP contribution is 2.32. The van der Waals surface area contributed by atoms with Crippen LogP contribution in [0.2, 0.25) is 0 Å². The maximum Gasteiger partial charge on any atom is 0.267 e. The van der Waals surface area contributed by atoms with Gasteiger partial charge in [-0.1, -0.05) is 30.0 Å². The summed E-state index contributed by atoms with van der Waals surface area (Å²) in [5.74, 6) is 2.45. The molecule has 2 aromatic rings. The molecule has 0 bridgehead atoms. The van der Waals surface area contributed by atoms with Crippen molar-refractivity contribution in [2.45, 2.75) is 6.92 Å². The summed E-state index contributed by atoms with van der Waals surface area (Å²) in [6.07, 6.45) is 3.37. The number of likely N-dealkylation sites (N-methyl/N-ethyl adjacent to an activating group) is 1. The van der Waals surface area contributed by atoms with Crippen LogP contribution in [-0.4, -0.2) is 56.2 Å². The van der Waals surface area contributed by atoms with Gasteiger partial charge in [-0.2, -0.15) is 11.8 Å². The van der Waals surface area contributed by atoms with Crippen molar-refractivity contribution in [3.63, 3.8) is 0 Å². The molecular formula is C18H18N4O2S3. The van der Waals surface area contributed by atoms with Gasteiger partial charge in [0, 0.05) is 37.8 Å². The van der Waals surface area contributed by atoms with Crippen LogP contribution >= 0.6 is 35.7 Å². The Balaban J connectivity index is 1.95. The molecule has 2 saturated heterocycles. The molecule has 140 valence electrons. The van der Waals surface area contributed by atoms with Crippen molar-refractivity contribution in [2.24, 2.45) is 0 Å². The van der Waals surface area contributed by atoms with Crippen molar-refractivity contribution in [3.05, 3.63) is 44.7 Å². The fourth-order valence-electron chi connectivity index (χ4n) is 3.12. The molecule has 27 heavy (non-hydrogen) atoms. The van der Waals surface area contributed by atoms with Crippen molar-refractivity contribution in [1.29, 1.82) is 0 Å². The zero-order valence-electron chi connectivity index (χ0n) is 15.0. The topological polar surface area (TPSA) is 57.9 Å². The van der Waals surface area contributed by atoms with E-state index in [0.717, 1.165) is 30.2 Å². The third kappa shape index (κ3) is 3.28. The minimum Gasteiger partial charge on any atom is -0.354 e. The Kier molecular flexibility index (Phi) is 5.00. The highest BCUT2D eigenvalue weighted by atomic mass is 32.2. The van der Waals surface area contributed by atoms with E-state index in [-0.39, 0.29) is 11.5 Å². The molecule has 1 amide bonds. The SMILES string of the molecule is Cc1cccn2c(=O)c(C=C3SC(=S)N(C)C3=O)c(N3CCSCC3)nc12. The van der Waals surface area contributed by atoms with Gasteiger partial charge in [0.25, 0.3) is 11.5 Å². The number of fused-ring (bicyclic) bond motifs is 1. The molecule has 0 saturated carbocycles. The molecule has 0 radical (unpaired) electrons. The number of nitrogens with zero attached hydrogens (tertiary/aromatic N) is 4. The molecule has 9 heteroatoms. The lowest BCUT2D eigenvalue weighted by molar-refractivity contribution is -0.121. The third-order valence-corrected chi connectivity index (χ3v) is 7.06. The number of hydrogen-bond acceptors (Lipinski definition) is 7. The van der Waals surface area contributed by atoms with Crippen LogP contribution in [-0.2, 0) is 4.79 Å². The van der Waals surface area contributed by atoms with Crippen molar-refractivity contribution >= 4 is 63.5 Å². The van der Waals surface area contributed by atoms with Gasteiger partial charge in [-0.25, -0.2) is 4.98 Å². The first-order valence-corrected chi connectivity index (χ1v) is 10.9. The van der Waals surface area contributed by atoms with Gasteiger partial charge in [0.2, 0.25) is 0 Å². The second kappa shape index (κ2) is 7.29. The molecule has 0 aliphatic carbocycles. The van der Waals surface area contributed by atoms with Crippen LogP contribution in [0.1, 0.15) is 11.1 Å². The van der Waals surface area contributed by atoms with Gasteiger partial charge >= 0.3 is 0 Å². The monoisotopic (exact) mass is 418 g/mol. The normalized spacial score (nSPS) is 19.6. The number of hydrogen-bond donors (Lipinski definition) is 0. The maximum atomic E-state index is 13.3. The molecule has 2 fully saturated rings. The van der Waals surface area contributed by atoms with Crippen LogP contribution in [0, 0.1) is 6.92 Å². The van der Waals surface area contributed by atoms with Crippen LogP contribution in [0.25, 0.3) is 11.7 Å². The molecule has 6 nitrogen and oxygen atoms in total. The van der Waals surface area contributed by atoms with Crippen molar-refractivity contribution in [2.75, 3.05) is 36.5 Å². The van der Waals surface area contributed by atoms with E-state index in [1.54, 1.807) is 23.7 Å². The number of anilines is 1. The minimum absolute atomic E-state index is 0.168. The van der Waals surface area contributed by atoms with Crippen LogP contribution in [0.5, 0.6) is 0 Å². The van der Waals surface area contributed by atoms with E-state index >= 15 is 0 Å². The summed E-state index contributed by atoms with van der Waals surface area (Å²) in [5, 5.41) is 0. The average Bonchev–Trinajstić information content (AvgIpc) is 2.92. The van der Waals surface area contributed by atoms with E-state index in [4.69, 9.17) is 17.2 Å². The zero-order chi connectivity index (χ0) is 19.1. The summed E-state index contributed by atoms with van der Waals surface area (Å²) < 4.78 is 2.04. The standard InChI is InChI=1S/C18H18N4O2S3/c1-11-4-3-5-22-14(11)19-15(21-6-8-26-9-7-21)12(16(22)23)10-13-17(24)20(2)18(25)27-13/h3-5,10H,6-9H2,1-2H3. The van der Waals surface area contributed by atoms with Crippen LogP contribution in [0.4, 0.5) is 5.82 Å². The lowest BCUT2D eigenvalue weighted by atomic mass is 10.2. The molecular weight excluding hydrogens is 400 g/mol. The number of carbonyl (C=O) groups excluding carboxylic acids is 1. The van der Waals surface area contributed by atoms with Gasteiger partial charge in [-0.15, -0.1) is 0 Å². The zero-order valence-corrected chi connectivity index (χ0v) is 17.4. The van der Waals surface area contributed by atoms with E-state index in [1.165, 1.54) is 16.7 Å². The second-order valence-electron chi connectivity index (χ2n) is 6.38. The highest BCUT2D eigenvalue weighted by Gasteiger charge is 2.30. The Morgan fingerprint density at radius 1 is 1.26 bits per heavy atom. The Labute approximate surface area is 170 Å². The number of thioether (sulfide) groups is 2. The van der Waals surface area contributed by atoms with Crippen molar-refractivity contribution in [1.82, 2.24) is 14.3 Å². The molecule has 2 aliphatic heterocycles. The van der Waals surface area contributed by atoms with E-state index in [1.807, 2.05) is 30.8 Å². The van der Waals surface area contributed by atoms with E-state index in [0.29, 0.717) is 26.3 Å². The Morgan fingerprint density at radius 2 is 2.00 bits per heavy atom. The number of aromatic nitrogens is 2. The number of pyridine rings is 1. The first kappa shape index (κ1) is 18.5. The molecule has 0 N–H and O–H groups in total. The smallest absolute Gasteiger partial charge is 0.267 e. The Morgan fingerprint density at radius 3 is 2.67 bits per heavy atom. The van der Waals surface area contributed by atoms with Gasteiger partial charge < -0.3 is 4.90 Å². The summed E-state index contributed by atoms with van der Waals surface area (Å²) in [6, 6.07) is 3.78. The Hall–Kier alpha value is -1.84. The van der Waals surface area contributed by atoms with Crippen LogP contribution < -0.4 is 10.5 Å². The quantitative estimate of drug-likeness (QED) is 0.548. The van der Waals surface area contributed by atoms with Crippen LogP contribution in [0.15, 0.2) is 28.0 Å². The predicted octanol–water partition coefficient (Wildman–Crippen LogP) is 2.39. The predicted molar refractivity (Wildman–Crippen MR) is 117 cm³/mol. The first-order valence-electron chi connectivity index (χ1n) is 8.53. The highest BCUT2D eigenvalue weighted by molar-refractivity contribution is 8.26. The molecule has 4 rings (SSSR count). The van der Waals surface area contributed by atoms with E-state index in [2.05, 4.69) is 4.90 Å². The molecule has 0 atom stereocenters.